The average molecular weight is 669 g/mol. The van der Waals surface area contributed by atoms with Crippen LogP contribution < -0.4 is 4.90 Å². The molecule has 52 heavy (non-hydrogen) atoms. The molecule has 0 unspecified atom stereocenters. The van der Waals surface area contributed by atoms with E-state index in [2.05, 4.69) is 22.1 Å². The van der Waals surface area contributed by atoms with Crippen molar-refractivity contribution in [3.63, 3.8) is 0 Å². The summed E-state index contributed by atoms with van der Waals surface area (Å²) in [6.45, 7) is 0. The van der Waals surface area contributed by atoms with E-state index in [1.165, 1.54) is 4.90 Å². The number of aromatic nitrogens is 3. The minimum absolute atomic E-state index is 0.262. The lowest BCUT2D eigenvalue weighted by Crippen LogP contribution is -2.29. The number of pyridine rings is 2. The molecule has 0 spiro atoms. The summed E-state index contributed by atoms with van der Waals surface area (Å²) in [6.07, 6.45) is 0. The number of rotatable bonds is 5. The Labute approximate surface area is 297 Å². The van der Waals surface area contributed by atoms with Crippen molar-refractivity contribution in [2.45, 2.75) is 0 Å². The lowest BCUT2D eigenvalue weighted by molar-refractivity contribution is 0.0926. The summed E-state index contributed by atoms with van der Waals surface area (Å²) in [4.78, 5) is 39.5. The number of carbonyl (C=O) groups excluding carboxylic acids is 2. The number of imide groups is 1. The molecule has 8 nitrogen and oxygen atoms in total. The number of nitrogens with zero attached hydrogens (tertiary/aromatic N) is 6. The number of amides is 2. The van der Waals surface area contributed by atoms with Crippen molar-refractivity contribution in [1.82, 2.24) is 14.5 Å². The van der Waals surface area contributed by atoms with Gasteiger partial charge in [0.15, 0.2) is 0 Å². The first-order chi connectivity index (χ1) is 25.6. The molecule has 0 saturated carbocycles. The van der Waals surface area contributed by atoms with Crippen LogP contribution in [0.1, 0.15) is 32.1 Å². The van der Waals surface area contributed by atoms with Crippen molar-refractivity contribution in [2.75, 3.05) is 4.90 Å². The Morgan fingerprint density at radius 3 is 1.65 bits per heavy atom. The van der Waals surface area contributed by atoms with E-state index in [4.69, 9.17) is 0 Å². The standard InChI is InChI=1S/C44H24N6O2/c45-25-29-13-5-21-37(47-29)34-18-7-16-32-33-17-8-19-35(38-22-6-14-30(26-46)48-38)42(33)50(41(32)34)39-23-9-20-36-40(39)44(52)49(43(36)51)31-15-4-12-28(24-31)27-10-2-1-3-11-27/h1-24H. The van der Waals surface area contributed by atoms with Crippen LogP contribution in [0.2, 0.25) is 0 Å². The Balaban J connectivity index is 1.34. The molecule has 1 aliphatic rings. The number of para-hydroxylation sites is 2. The lowest BCUT2D eigenvalue weighted by atomic mass is 10.0. The van der Waals surface area contributed by atoms with Crippen LogP contribution in [0.15, 0.2) is 146 Å². The molecule has 1 aliphatic heterocycles. The predicted octanol–water partition coefficient (Wildman–Crippen LogP) is 9.12. The molecule has 0 aliphatic carbocycles. The molecule has 9 rings (SSSR count). The fraction of sp³-hybridized carbons (Fsp3) is 0. The van der Waals surface area contributed by atoms with Crippen LogP contribution >= 0.6 is 0 Å². The summed E-state index contributed by atoms with van der Waals surface area (Å²) >= 11 is 0. The Hall–Kier alpha value is -7.68. The fourth-order valence-electron chi connectivity index (χ4n) is 7.21. The normalized spacial score (nSPS) is 12.2. The molecule has 0 bridgehead atoms. The average Bonchev–Trinajstić information content (AvgIpc) is 3.69. The Bertz CT molecular complexity index is 2760. The number of nitriles is 2. The van der Waals surface area contributed by atoms with Crippen molar-refractivity contribution < 1.29 is 9.59 Å². The van der Waals surface area contributed by atoms with Crippen LogP contribution in [0.25, 0.3) is 61.1 Å². The molecule has 8 aromatic rings. The van der Waals surface area contributed by atoms with E-state index in [9.17, 15) is 20.1 Å². The number of benzene rings is 5. The van der Waals surface area contributed by atoms with Crippen molar-refractivity contribution >= 4 is 39.3 Å². The van der Waals surface area contributed by atoms with E-state index in [0.717, 1.165) is 44.1 Å². The van der Waals surface area contributed by atoms with Gasteiger partial charge in [0.05, 0.1) is 44.9 Å². The highest BCUT2D eigenvalue weighted by atomic mass is 16.2. The Morgan fingerprint density at radius 1 is 0.500 bits per heavy atom. The maximum absolute atomic E-state index is 14.7. The van der Waals surface area contributed by atoms with E-state index < -0.39 is 11.8 Å². The number of hydrogen-bond acceptors (Lipinski definition) is 6. The summed E-state index contributed by atoms with van der Waals surface area (Å²) in [5.41, 5.74) is 8.01. The van der Waals surface area contributed by atoms with Crippen LogP contribution in [-0.4, -0.2) is 26.3 Å². The van der Waals surface area contributed by atoms with Gasteiger partial charge in [0.2, 0.25) is 0 Å². The van der Waals surface area contributed by atoms with Gasteiger partial charge < -0.3 is 4.57 Å². The fourth-order valence-corrected chi connectivity index (χ4v) is 7.21. The van der Waals surface area contributed by atoms with E-state index in [0.29, 0.717) is 22.8 Å². The van der Waals surface area contributed by atoms with Crippen molar-refractivity contribution in [3.05, 3.63) is 168 Å². The number of fused-ring (bicyclic) bond motifs is 4. The third-order valence-electron chi connectivity index (χ3n) is 9.43. The summed E-state index contributed by atoms with van der Waals surface area (Å²) in [6, 6.07) is 49.2. The van der Waals surface area contributed by atoms with Gasteiger partial charge in [0, 0.05) is 21.9 Å². The van der Waals surface area contributed by atoms with Gasteiger partial charge >= 0.3 is 0 Å². The van der Waals surface area contributed by atoms with Crippen LogP contribution in [0.4, 0.5) is 5.69 Å². The third-order valence-corrected chi connectivity index (χ3v) is 9.43. The highest BCUT2D eigenvalue weighted by Crippen LogP contribution is 2.43. The van der Waals surface area contributed by atoms with Gasteiger partial charge in [-0.15, -0.1) is 0 Å². The SMILES string of the molecule is N#Cc1cccc(-c2cccc3c4cccc(-c5cccc(C#N)n5)c4n(-c4cccc5c4C(=O)N(c4cccc(-c6ccccc6)c4)C5=O)c23)n1. The topological polar surface area (TPSA) is 116 Å². The largest absolute Gasteiger partial charge is 0.307 e. The molecule has 8 heteroatoms. The summed E-state index contributed by atoms with van der Waals surface area (Å²) < 4.78 is 2.00. The summed E-state index contributed by atoms with van der Waals surface area (Å²) in [5.74, 6) is -0.861. The molecule has 0 N–H and O–H groups in total. The minimum atomic E-state index is -0.444. The van der Waals surface area contributed by atoms with E-state index in [1.807, 2.05) is 108 Å². The molecule has 0 fully saturated rings. The zero-order valence-corrected chi connectivity index (χ0v) is 27.4. The van der Waals surface area contributed by atoms with Gasteiger partial charge in [0.1, 0.15) is 23.5 Å². The molecule has 0 saturated heterocycles. The third kappa shape index (κ3) is 4.68. The number of carbonyl (C=O) groups is 2. The van der Waals surface area contributed by atoms with Gasteiger partial charge in [-0.25, -0.2) is 14.9 Å². The van der Waals surface area contributed by atoms with Gasteiger partial charge in [-0.05, 0) is 59.7 Å². The quantitative estimate of drug-likeness (QED) is 0.169. The monoisotopic (exact) mass is 668 g/mol. The van der Waals surface area contributed by atoms with Gasteiger partial charge in [-0.1, -0.05) is 97.1 Å². The van der Waals surface area contributed by atoms with E-state index in [-0.39, 0.29) is 22.5 Å². The first-order valence-corrected chi connectivity index (χ1v) is 16.5. The summed E-state index contributed by atoms with van der Waals surface area (Å²) in [5, 5.41) is 21.2. The zero-order valence-electron chi connectivity index (χ0n) is 27.4. The number of anilines is 1. The van der Waals surface area contributed by atoms with Crippen LogP contribution in [-0.2, 0) is 0 Å². The minimum Gasteiger partial charge on any atom is -0.307 e. The molecule has 5 aromatic carbocycles. The highest BCUT2D eigenvalue weighted by Gasteiger charge is 2.40. The molecule has 242 valence electrons. The molecule has 0 atom stereocenters. The highest BCUT2D eigenvalue weighted by molar-refractivity contribution is 6.36. The smallest absolute Gasteiger partial charge is 0.268 e. The van der Waals surface area contributed by atoms with Crippen LogP contribution in [0, 0.1) is 22.7 Å². The van der Waals surface area contributed by atoms with Gasteiger partial charge in [-0.3, -0.25) is 9.59 Å². The lowest BCUT2D eigenvalue weighted by Gasteiger charge is -2.17. The second kappa shape index (κ2) is 12.0. The Morgan fingerprint density at radius 2 is 1.04 bits per heavy atom. The maximum atomic E-state index is 14.7. The molecular formula is C44H24N6O2. The summed E-state index contributed by atoms with van der Waals surface area (Å²) in [7, 11) is 0. The van der Waals surface area contributed by atoms with Gasteiger partial charge in [0.25, 0.3) is 11.8 Å². The second-order valence-electron chi connectivity index (χ2n) is 12.3. The van der Waals surface area contributed by atoms with E-state index in [1.54, 1.807) is 42.5 Å². The van der Waals surface area contributed by atoms with Crippen molar-refractivity contribution in [3.8, 4) is 51.5 Å². The molecule has 3 aromatic heterocycles. The molecule has 0 radical (unpaired) electrons. The van der Waals surface area contributed by atoms with Gasteiger partial charge in [-0.2, -0.15) is 10.5 Å². The van der Waals surface area contributed by atoms with Crippen molar-refractivity contribution in [2.24, 2.45) is 0 Å². The zero-order chi connectivity index (χ0) is 35.3. The molecule has 2 amide bonds. The van der Waals surface area contributed by atoms with Crippen LogP contribution in [0.3, 0.4) is 0 Å². The first-order valence-electron chi connectivity index (χ1n) is 16.5. The molecule has 4 heterocycles. The first kappa shape index (κ1) is 30.4. The Kier molecular flexibility index (Phi) is 7.03. The van der Waals surface area contributed by atoms with Crippen molar-refractivity contribution in [1.29, 1.82) is 10.5 Å². The second-order valence-corrected chi connectivity index (χ2v) is 12.3. The van der Waals surface area contributed by atoms with Crippen LogP contribution in [0.5, 0.6) is 0 Å². The maximum Gasteiger partial charge on any atom is 0.268 e. The van der Waals surface area contributed by atoms with E-state index >= 15 is 0 Å². The predicted molar refractivity (Wildman–Crippen MR) is 200 cm³/mol. The number of hydrogen-bond donors (Lipinski definition) is 0. The molecular weight excluding hydrogens is 645 g/mol.